The van der Waals surface area contributed by atoms with E-state index in [1.807, 2.05) is 11.1 Å². The number of aromatic nitrogens is 2. The van der Waals surface area contributed by atoms with Gasteiger partial charge in [0, 0.05) is 23.7 Å². The van der Waals surface area contributed by atoms with Crippen molar-refractivity contribution in [1.29, 1.82) is 0 Å². The summed E-state index contributed by atoms with van der Waals surface area (Å²) in [5.74, 6) is 0. The fraction of sp³-hybridized carbons (Fsp3) is 0.444. The average molecular weight is 405 g/mol. The molecule has 1 aromatic carbocycles. The first-order valence-corrected chi connectivity index (χ1v) is 8.91. The fourth-order valence-electron chi connectivity index (χ4n) is 3.35. The number of ether oxygens (including phenoxy) is 2. The van der Waals surface area contributed by atoms with Gasteiger partial charge in [0.1, 0.15) is 11.7 Å². The van der Waals surface area contributed by atoms with E-state index < -0.39 is 42.0 Å². The van der Waals surface area contributed by atoms with Gasteiger partial charge in [-0.1, -0.05) is 35.4 Å². The molecule has 10 nitrogen and oxygen atoms in total. The Morgan fingerprint density at radius 2 is 2.10 bits per heavy atom. The summed E-state index contributed by atoms with van der Waals surface area (Å²) in [7, 11) is 0. The standard InChI is InChI=1S/C18H20FN5O5/c19-14-15(28-10-12-4-2-1-3-5-12)18(11-25,7-8-21-23-20)29-16(14)24-9-6-13(26)22-17(24)27/h1-6,9,14-16,25H,7-8,10-11H2,(H,22,26,27)/t14-,15+,16+,18+/m0/s1. The Morgan fingerprint density at radius 3 is 2.76 bits per heavy atom. The first-order chi connectivity index (χ1) is 14.0. The van der Waals surface area contributed by atoms with Gasteiger partial charge >= 0.3 is 5.69 Å². The summed E-state index contributed by atoms with van der Waals surface area (Å²) in [5, 5.41) is 13.5. The Morgan fingerprint density at radius 1 is 1.34 bits per heavy atom. The van der Waals surface area contributed by atoms with Crippen molar-refractivity contribution in [3.05, 3.63) is 79.4 Å². The van der Waals surface area contributed by atoms with Crippen LogP contribution in [-0.4, -0.2) is 45.7 Å². The van der Waals surface area contributed by atoms with Crippen molar-refractivity contribution in [2.75, 3.05) is 13.2 Å². The molecular formula is C18H20FN5O5. The molecule has 154 valence electrons. The highest BCUT2D eigenvalue weighted by Gasteiger charge is 2.57. The number of aromatic amines is 1. The number of aliphatic hydroxyl groups is 1. The van der Waals surface area contributed by atoms with Crippen molar-refractivity contribution >= 4 is 0 Å². The molecule has 4 atom stereocenters. The smallest absolute Gasteiger partial charge is 0.330 e. The molecule has 1 aliphatic rings. The lowest BCUT2D eigenvalue weighted by molar-refractivity contribution is -0.146. The third-order valence-electron chi connectivity index (χ3n) is 4.80. The van der Waals surface area contributed by atoms with E-state index in [9.17, 15) is 14.7 Å². The molecule has 29 heavy (non-hydrogen) atoms. The summed E-state index contributed by atoms with van der Waals surface area (Å²) in [6, 6.07) is 10.1. The topological polar surface area (TPSA) is 142 Å². The number of benzene rings is 1. The highest BCUT2D eigenvalue weighted by molar-refractivity contribution is 5.14. The number of nitrogens with zero attached hydrogens (tertiary/aromatic N) is 4. The van der Waals surface area contributed by atoms with E-state index in [1.165, 1.54) is 0 Å². The lowest BCUT2D eigenvalue weighted by Gasteiger charge is -2.32. The van der Waals surface area contributed by atoms with Crippen molar-refractivity contribution in [2.45, 2.75) is 37.1 Å². The van der Waals surface area contributed by atoms with Crippen LogP contribution in [0.25, 0.3) is 10.4 Å². The van der Waals surface area contributed by atoms with E-state index in [0.717, 1.165) is 22.4 Å². The maximum absolute atomic E-state index is 15.4. The molecule has 1 aliphatic heterocycles. The van der Waals surface area contributed by atoms with Crippen LogP contribution >= 0.6 is 0 Å². The van der Waals surface area contributed by atoms with Gasteiger partial charge < -0.3 is 14.6 Å². The molecule has 0 aliphatic carbocycles. The predicted molar refractivity (Wildman–Crippen MR) is 99.8 cm³/mol. The second-order valence-electron chi connectivity index (χ2n) is 6.61. The Bertz CT molecular complexity index is 990. The molecule has 0 spiro atoms. The number of rotatable bonds is 8. The Labute approximate surface area is 164 Å². The maximum atomic E-state index is 15.4. The molecule has 11 heteroatoms. The third-order valence-corrected chi connectivity index (χ3v) is 4.80. The van der Waals surface area contributed by atoms with Gasteiger partial charge in [0.05, 0.1) is 13.2 Å². The van der Waals surface area contributed by atoms with Crippen LogP contribution in [0, 0.1) is 0 Å². The molecular weight excluding hydrogens is 385 g/mol. The summed E-state index contributed by atoms with van der Waals surface area (Å²) in [4.78, 5) is 28.1. The number of hydrogen-bond donors (Lipinski definition) is 2. The van der Waals surface area contributed by atoms with E-state index in [-0.39, 0.29) is 19.6 Å². The monoisotopic (exact) mass is 405 g/mol. The number of hydrogen-bond acceptors (Lipinski definition) is 6. The fourth-order valence-corrected chi connectivity index (χ4v) is 3.35. The molecule has 0 amide bonds. The third kappa shape index (κ3) is 4.38. The number of alkyl halides is 1. The Balaban J connectivity index is 1.92. The van der Waals surface area contributed by atoms with E-state index in [1.54, 1.807) is 24.3 Å². The van der Waals surface area contributed by atoms with Crippen molar-refractivity contribution in [3.63, 3.8) is 0 Å². The van der Waals surface area contributed by atoms with E-state index in [0.29, 0.717) is 0 Å². The van der Waals surface area contributed by atoms with Crippen molar-refractivity contribution in [3.8, 4) is 0 Å². The molecule has 2 heterocycles. The van der Waals surface area contributed by atoms with Gasteiger partial charge in [0.25, 0.3) is 5.56 Å². The van der Waals surface area contributed by atoms with Crippen LogP contribution in [0.5, 0.6) is 0 Å². The molecule has 0 radical (unpaired) electrons. The molecule has 1 aromatic heterocycles. The number of halogens is 1. The minimum Gasteiger partial charge on any atom is -0.393 e. The molecule has 2 N–H and O–H groups in total. The zero-order valence-corrected chi connectivity index (χ0v) is 15.3. The van der Waals surface area contributed by atoms with E-state index in [4.69, 9.17) is 15.0 Å². The van der Waals surface area contributed by atoms with Crippen LogP contribution in [-0.2, 0) is 16.1 Å². The SMILES string of the molecule is [N-]=[N+]=NCC[C@]1(CO)O[C@@H](n2ccc(=O)[nH]c2=O)[C@@H](F)[C@H]1OCc1ccccc1. The van der Waals surface area contributed by atoms with Crippen molar-refractivity contribution in [1.82, 2.24) is 9.55 Å². The van der Waals surface area contributed by atoms with Crippen LogP contribution in [0.3, 0.4) is 0 Å². The van der Waals surface area contributed by atoms with Crippen LogP contribution in [0.4, 0.5) is 4.39 Å². The van der Waals surface area contributed by atoms with Crippen molar-refractivity contribution < 1.29 is 19.0 Å². The molecule has 1 saturated heterocycles. The number of aliphatic hydroxyl groups excluding tert-OH is 1. The number of H-pyrrole nitrogens is 1. The summed E-state index contributed by atoms with van der Waals surface area (Å²) in [6.07, 6.45) is -3.42. The second kappa shape index (κ2) is 9.01. The highest BCUT2D eigenvalue weighted by atomic mass is 19.1. The zero-order chi connectivity index (χ0) is 20.9. The molecule has 0 saturated carbocycles. The number of nitrogens with one attached hydrogen (secondary N) is 1. The van der Waals surface area contributed by atoms with Gasteiger partial charge in [-0.25, -0.2) is 9.18 Å². The first-order valence-electron chi connectivity index (χ1n) is 8.91. The Kier molecular flexibility index (Phi) is 6.45. The molecule has 0 unspecified atom stereocenters. The summed E-state index contributed by atoms with van der Waals surface area (Å²) < 4.78 is 27.8. The van der Waals surface area contributed by atoms with Gasteiger partial charge in [0.15, 0.2) is 12.4 Å². The maximum Gasteiger partial charge on any atom is 0.330 e. The second-order valence-corrected chi connectivity index (χ2v) is 6.61. The average Bonchev–Trinajstić information content (AvgIpc) is 2.99. The minimum absolute atomic E-state index is 0.0258. The quantitative estimate of drug-likeness (QED) is 0.388. The van der Waals surface area contributed by atoms with Gasteiger partial charge in [-0.15, -0.1) is 0 Å². The predicted octanol–water partition coefficient (Wildman–Crippen LogP) is 1.42. The highest BCUT2D eigenvalue weighted by Crippen LogP contribution is 2.42. The molecule has 1 fully saturated rings. The normalized spacial score (nSPS) is 26.2. The summed E-state index contributed by atoms with van der Waals surface area (Å²) >= 11 is 0. The summed E-state index contributed by atoms with van der Waals surface area (Å²) in [5.41, 5.74) is 6.29. The van der Waals surface area contributed by atoms with Gasteiger partial charge in [-0.3, -0.25) is 14.3 Å². The minimum atomic E-state index is -1.83. The van der Waals surface area contributed by atoms with Crippen LogP contribution in [0.15, 0.2) is 57.3 Å². The van der Waals surface area contributed by atoms with E-state index in [2.05, 4.69) is 10.0 Å². The molecule has 0 bridgehead atoms. The summed E-state index contributed by atoms with van der Waals surface area (Å²) in [6.45, 7) is -0.642. The van der Waals surface area contributed by atoms with Gasteiger partial charge in [-0.2, -0.15) is 0 Å². The van der Waals surface area contributed by atoms with Crippen LogP contribution in [0.1, 0.15) is 18.2 Å². The van der Waals surface area contributed by atoms with Gasteiger partial charge in [0.2, 0.25) is 0 Å². The lowest BCUT2D eigenvalue weighted by Crippen LogP contribution is -2.47. The van der Waals surface area contributed by atoms with Crippen molar-refractivity contribution in [2.24, 2.45) is 5.11 Å². The first kappa shape index (κ1) is 20.7. The molecule has 2 aromatic rings. The van der Waals surface area contributed by atoms with Crippen LogP contribution < -0.4 is 11.2 Å². The largest absolute Gasteiger partial charge is 0.393 e. The van der Waals surface area contributed by atoms with E-state index >= 15 is 4.39 Å². The lowest BCUT2D eigenvalue weighted by atomic mass is 9.92. The van der Waals surface area contributed by atoms with Gasteiger partial charge in [-0.05, 0) is 17.5 Å². The number of azide groups is 1. The Hall–Kier alpha value is -2.98. The zero-order valence-electron chi connectivity index (χ0n) is 15.3. The molecule has 3 rings (SSSR count). The van der Waals surface area contributed by atoms with Crippen LogP contribution in [0.2, 0.25) is 0 Å².